The number of hydrogen-bond donors (Lipinski definition) is 0. The van der Waals surface area contributed by atoms with Crippen molar-refractivity contribution in [2.75, 3.05) is 13.1 Å². The maximum atomic E-state index is 12.9. The summed E-state index contributed by atoms with van der Waals surface area (Å²) in [5, 5.41) is 8.32. The average molecular weight is 360 g/mol. The van der Waals surface area contributed by atoms with Crippen LogP contribution in [0.1, 0.15) is 30.0 Å². The summed E-state index contributed by atoms with van der Waals surface area (Å²) in [7, 11) is -1.75. The Morgan fingerprint density at radius 2 is 1.92 bits per heavy atom. The van der Waals surface area contributed by atoms with E-state index < -0.39 is 10.0 Å². The van der Waals surface area contributed by atoms with Gasteiger partial charge in [-0.2, -0.15) is 14.5 Å². The number of hydrogen-bond acceptors (Lipinski definition) is 5. The molecule has 4 rings (SSSR count). The fraction of sp³-hybridized carbons (Fsp3) is 0.438. The monoisotopic (exact) mass is 360 g/mol. The zero-order chi connectivity index (χ0) is 17.6. The van der Waals surface area contributed by atoms with Crippen molar-refractivity contribution in [1.82, 2.24) is 28.7 Å². The first-order chi connectivity index (χ1) is 11.9. The van der Waals surface area contributed by atoms with Gasteiger partial charge in [-0.05, 0) is 37.3 Å². The van der Waals surface area contributed by atoms with Crippen molar-refractivity contribution in [3.8, 4) is 0 Å². The van der Waals surface area contributed by atoms with Gasteiger partial charge in [-0.15, -0.1) is 0 Å². The van der Waals surface area contributed by atoms with Crippen LogP contribution in [-0.2, 0) is 17.1 Å². The highest BCUT2D eigenvalue weighted by Crippen LogP contribution is 2.31. The van der Waals surface area contributed by atoms with E-state index in [4.69, 9.17) is 0 Å². The molecular formula is C16H20N6O2S. The zero-order valence-electron chi connectivity index (χ0n) is 14.2. The number of aryl methyl sites for hydroxylation is 2. The topological polar surface area (TPSA) is 85.4 Å². The quantitative estimate of drug-likeness (QED) is 0.704. The van der Waals surface area contributed by atoms with Crippen LogP contribution in [0.5, 0.6) is 0 Å². The van der Waals surface area contributed by atoms with E-state index in [2.05, 4.69) is 21.2 Å². The number of piperidine rings is 1. The number of sulfonamides is 1. The fourth-order valence-corrected chi connectivity index (χ4v) is 5.14. The van der Waals surface area contributed by atoms with E-state index in [-0.39, 0.29) is 0 Å². The predicted octanol–water partition coefficient (Wildman–Crippen LogP) is 1.34. The van der Waals surface area contributed by atoms with Crippen molar-refractivity contribution in [3.63, 3.8) is 0 Å². The lowest BCUT2D eigenvalue weighted by atomic mass is 9.91. The van der Waals surface area contributed by atoms with Crippen molar-refractivity contribution in [1.29, 1.82) is 0 Å². The van der Waals surface area contributed by atoms with Crippen LogP contribution < -0.4 is 0 Å². The van der Waals surface area contributed by atoms with Crippen LogP contribution >= 0.6 is 0 Å². The second-order valence-electron chi connectivity index (χ2n) is 6.46. The maximum absolute atomic E-state index is 12.9. The molecule has 0 unspecified atom stereocenters. The Hall–Kier alpha value is -2.26. The van der Waals surface area contributed by atoms with Crippen LogP contribution in [0.25, 0.3) is 5.65 Å². The summed E-state index contributed by atoms with van der Waals surface area (Å²) < 4.78 is 30.6. The summed E-state index contributed by atoms with van der Waals surface area (Å²) >= 11 is 0. The standard InChI is InChI=1S/C16H20N6O2S/c1-12-15(10-20(2)19-12)25(23,24)21-7-5-13(6-8-21)14-3-4-16-17-11-18-22(16)9-14/h3-4,9-11,13H,5-8H2,1-2H3. The summed E-state index contributed by atoms with van der Waals surface area (Å²) in [5.74, 6) is 0.329. The lowest BCUT2D eigenvalue weighted by Gasteiger charge is -2.31. The van der Waals surface area contributed by atoms with Gasteiger partial charge in [-0.1, -0.05) is 6.07 Å². The fourth-order valence-electron chi connectivity index (χ4n) is 3.47. The Bertz CT molecular complexity index is 1010. The highest BCUT2D eigenvalue weighted by molar-refractivity contribution is 7.89. The molecule has 8 nitrogen and oxygen atoms in total. The van der Waals surface area contributed by atoms with Gasteiger partial charge < -0.3 is 0 Å². The van der Waals surface area contributed by atoms with Crippen molar-refractivity contribution in [2.24, 2.45) is 7.05 Å². The van der Waals surface area contributed by atoms with Crippen molar-refractivity contribution in [3.05, 3.63) is 42.1 Å². The molecule has 3 aromatic heterocycles. The molecule has 0 atom stereocenters. The van der Waals surface area contributed by atoms with Gasteiger partial charge in [0.15, 0.2) is 5.65 Å². The molecule has 4 heterocycles. The van der Waals surface area contributed by atoms with Crippen LogP contribution in [0.3, 0.4) is 0 Å². The summed E-state index contributed by atoms with van der Waals surface area (Å²) in [6, 6.07) is 4.01. The average Bonchev–Trinajstić information content (AvgIpc) is 3.20. The molecule has 0 bridgehead atoms. The molecule has 0 aliphatic carbocycles. The maximum Gasteiger partial charge on any atom is 0.246 e. The van der Waals surface area contributed by atoms with E-state index in [9.17, 15) is 8.42 Å². The molecule has 0 radical (unpaired) electrons. The minimum absolute atomic E-state index is 0.303. The lowest BCUT2D eigenvalue weighted by Crippen LogP contribution is -2.38. The minimum Gasteiger partial charge on any atom is -0.274 e. The van der Waals surface area contributed by atoms with Crippen molar-refractivity contribution in [2.45, 2.75) is 30.6 Å². The Labute approximate surface area is 146 Å². The molecule has 0 N–H and O–H groups in total. The van der Waals surface area contributed by atoms with E-state index >= 15 is 0 Å². The second kappa shape index (κ2) is 5.92. The van der Waals surface area contributed by atoms with E-state index in [0.717, 1.165) is 18.5 Å². The van der Waals surface area contributed by atoms with Gasteiger partial charge in [0.1, 0.15) is 11.2 Å². The number of pyridine rings is 1. The summed E-state index contributed by atoms with van der Waals surface area (Å²) in [6.45, 7) is 2.75. The molecule has 0 amide bonds. The molecule has 1 fully saturated rings. The third-order valence-corrected chi connectivity index (χ3v) is 6.81. The first-order valence-electron chi connectivity index (χ1n) is 8.25. The minimum atomic E-state index is -3.48. The van der Waals surface area contributed by atoms with Crippen molar-refractivity contribution < 1.29 is 8.42 Å². The highest BCUT2D eigenvalue weighted by atomic mass is 32.2. The molecule has 1 aliphatic rings. The Morgan fingerprint density at radius 1 is 1.16 bits per heavy atom. The van der Waals surface area contributed by atoms with Crippen LogP contribution in [0, 0.1) is 6.92 Å². The molecule has 1 saturated heterocycles. The second-order valence-corrected chi connectivity index (χ2v) is 8.36. The van der Waals surface area contributed by atoms with Crippen LogP contribution in [0.2, 0.25) is 0 Å². The largest absolute Gasteiger partial charge is 0.274 e. The number of nitrogens with zero attached hydrogens (tertiary/aromatic N) is 6. The van der Waals surface area contributed by atoms with Gasteiger partial charge >= 0.3 is 0 Å². The summed E-state index contributed by atoms with van der Waals surface area (Å²) in [5.41, 5.74) is 2.53. The van der Waals surface area contributed by atoms with Crippen molar-refractivity contribution >= 4 is 15.7 Å². The number of fused-ring (bicyclic) bond motifs is 1. The van der Waals surface area contributed by atoms with E-state index in [1.807, 2.05) is 12.3 Å². The van der Waals surface area contributed by atoms with Crippen LogP contribution in [-0.4, -0.2) is 50.2 Å². The normalized spacial score (nSPS) is 17.4. The molecule has 0 aromatic carbocycles. The molecule has 9 heteroatoms. The summed E-state index contributed by atoms with van der Waals surface area (Å²) in [4.78, 5) is 4.45. The van der Waals surface area contributed by atoms with Gasteiger partial charge in [0.25, 0.3) is 0 Å². The van der Waals surface area contributed by atoms with Crippen LogP contribution in [0.4, 0.5) is 0 Å². The van der Waals surface area contributed by atoms with Gasteiger partial charge in [-0.3, -0.25) is 4.68 Å². The Kier molecular flexibility index (Phi) is 3.84. The number of aromatic nitrogens is 5. The molecular weight excluding hydrogens is 340 g/mol. The zero-order valence-corrected chi connectivity index (χ0v) is 15.0. The highest BCUT2D eigenvalue weighted by Gasteiger charge is 2.32. The van der Waals surface area contributed by atoms with Crippen LogP contribution in [0.15, 0.2) is 35.7 Å². The lowest BCUT2D eigenvalue weighted by molar-refractivity contribution is 0.319. The van der Waals surface area contributed by atoms with Gasteiger partial charge in [0.05, 0.1) is 5.69 Å². The first kappa shape index (κ1) is 16.2. The van der Waals surface area contributed by atoms with Gasteiger partial charge in [-0.25, -0.2) is 17.9 Å². The molecule has 132 valence electrons. The molecule has 0 spiro atoms. The number of rotatable bonds is 3. The Balaban J connectivity index is 1.51. The summed E-state index contributed by atoms with van der Waals surface area (Å²) in [6.07, 6.45) is 6.68. The van der Waals surface area contributed by atoms with Gasteiger partial charge in [0.2, 0.25) is 10.0 Å². The predicted molar refractivity (Wildman–Crippen MR) is 91.7 cm³/mol. The van der Waals surface area contributed by atoms with E-state index in [1.54, 1.807) is 33.7 Å². The van der Waals surface area contributed by atoms with Gasteiger partial charge in [0, 0.05) is 32.5 Å². The third-order valence-electron chi connectivity index (χ3n) is 4.81. The molecule has 3 aromatic rings. The molecule has 0 saturated carbocycles. The first-order valence-corrected chi connectivity index (χ1v) is 9.69. The molecule has 25 heavy (non-hydrogen) atoms. The SMILES string of the molecule is Cc1nn(C)cc1S(=O)(=O)N1CCC(c2ccc3ncnn3c2)CC1. The molecule has 1 aliphatic heterocycles. The smallest absolute Gasteiger partial charge is 0.246 e. The third kappa shape index (κ3) is 2.83. The van der Waals surface area contributed by atoms with E-state index in [1.165, 1.54) is 11.9 Å². The Morgan fingerprint density at radius 3 is 2.60 bits per heavy atom. The van der Waals surface area contributed by atoms with E-state index in [0.29, 0.717) is 29.6 Å².